The van der Waals surface area contributed by atoms with Crippen molar-refractivity contribution in [1.82, 2.24) is 9.84 Å². The lowest BCUT2D eigenvalue weighted by Crippen LogP contribution is -2.42. The second-order valence-corrected chi connectivity index (χ2v) is 4.39. The number of ether oxygens (including phenoxy) is 2. The van der Waals surface area contributed by atoms with Crippen LogP contribution in [0.2, 0.25) is 0 Å². The number of hydrogen-bond donors (Lipinski definition) is 1. The molecule has 0 aliphatic heterocycles. The van der Waals surface area contributed by atoms with E-state index in [1.54, 1.807) is 13.8 Å². The van der Waals surface area contributed by atoms with Crippen molar-refractivity contribution in [2.45, 2.75) is 18.7 Å². The molecule has 0 spiro atoms. The van der Waals surface area contributed by atoms with Gasteiger partial charge in [-0.3, -0.25) is 0 Å². The first-order valence-corrected chi connectivity index (χ1v) is 6.68. The number of halogens is 1. The number of benzene rings is 1. The van der Waals surface area contributed by atoms with Crippen LogP contribution in [0.5, 0.6) is 0 Å². The van der Waals surface area contributed by atoms with E-state index in [1.165, 1.54) is 24.3 Å². The second kappa shape index (κ2) is 8.26. The van der Waals surface area contributed by atoms with Crippen LogP contribution in [0.3, 0.4) is 0 Å². The molecule has 1 aromatic rings. The van der Waals surface area contributed by atoms with Crippen LogP contribution in [0.15, 0.2) is 29.2 Å². The van der Waals surface area contributed by atoms with Gasteiger partial charge in [0, 0.05) is 16.8 Å². The molecule has 110 valence electrons. The molecule has 0 radical (unpaired) electrons. The molecule has 0 saturated carbocycles. The van der Waals surface area contributed by atoms with E-state index in [2.05, 4.69) is 10.2 Å². The standard InChI is InChI=1S/C12H15FN2O4S/c1-3-18-11(16)14-15(12(17)19-4-2)20-10-7-5-9(13)6-8-10/h5-8H,3-4H2,1-2H3,(H,14,16). The minimum atomic E-state index is -0.782. The first-order valence-electron chi connectivity index (χ1n) is 5.90. The maximum atomic E-state index is 12.8. The highest BCUT2D eigenvalue weighted by molar-refractivity contribution is 7.97. The van der Waals surface area contributed by atoms with Crippen LogP contribution >= 0.6 is 11.9 Å². The van der Waals surface area contributed by atoms with Crippen molar-refractivity contribution in [2.75, 3.05) is 13.2 Å². The molecule has 0 fully saturated rings. The Balaban J connectivity index is 2.73. The quantitative estimate of drug-likeness (QED) is 0.684. The van der Waals surface area contributed by atoms with E-state index in [1.807, 2.05) is 0 Å². The fourth-order valence-corrected chi connectivity index (χ4v) is 1.85. The number of carbonyl (C=O) groups excluding carboxylic acids is 2. The van der Waals surface area contributed by atoms with Crippen LogP contribution < -0.4 is 5.43 Å². The molecule has 0 bridgehead atoms. The van der Waals surface area contributed by atoms with Crippen LogP contribution in [0, 0.1) is 5.82 Å². The van der Waals surface area contributed by atoms with Gasteiger partial charge in [-0.25, -0.2) is 19.4 Å². The smallest absolute Gasteiger partial charge is 0.439 e. The summed E-state index contributed by atoms with van der Waals surface area (Å²) in [5, 5.41) is 0. The Bertz CT molecular complexity index is 455. The first kappa shape index (κ1) is 16.1. The molecule has 0 saturated heterocycles. The van der Waals surface area contributed by atoms with Gasteiger partial charge >= 0.3 is 12.2 Å². The number of hydrazine groups is 1. The number of nitrogens with zero attached hydrogens (tertiary/aromatic N) is 1. The lowest BCUT2D eigenvalue weighted by Gasteiger charge is -2.20. The summed E-state index contributed by atoms with van der Waals surface area (Å²) in [4.78, 5) is 23.6. The van der Waals surface area contributed by atoms with E-state index in [-0.39, 0.29) is 13.2 Å². The number of amides is 2. The van der Waals surface area contributed by atoms with Gasteiger partial charge in [0.05, 0.1) is 13.2 Å². The van der Waals surface area contributed by atoms with Crippen molar-refractivity contribution in [3.05, 3.63) is 30.1 Å². The zero-order valence-corrected chi connectivity index (χ0v) is 11.9. The Morgan fingerprint density at radius 2 is 1.80 bits per heavy atom. The number of nitrogens with one attached hydrogen (secondary N) is 1. The summed E-state index contributed by atoms with van der Waals surface area (Å²) in [6.45, 7) is 3.61. The van der Waals surface area contributed by atoms with Gasteiger partial charge in [-0.1, -0.05) is 0 Å². The van der Waals surface area contributed by atoms with Crippen LogP contribution in [0.1, 0.15) is 13.8 Å². The van der Waals surface area contributed by atoms with Gasteiger partial charge < -0.3 is 9.47 Å². The topological polar surface area (TPSA) is 67.9 Å². The van der Waals surface area contributed by atoms with Gasteiger partial charge in [-0.2, -0.15) is 0 Å². The summed E-state index contributed by atoms with van der Waals surface area (Å²) in [5.74, 6) is -0.393. The Morgan fingerprint density at radius 3 is 2.35 bits per heavy atom. The highest BCUT2D eigenvalue weighted by atomic mass is 32.2. The third kappa shape index (κ3) is 5.35. The lowest BCUT2D eigenvalue weighted by molar-refractivity contribution is 0.106. The molecule has 0 unspecified atom stereocenters. The first-order chi connectivity index (χ1) is 9.56. The number of rotatable bonds is 4. The lowest BCUT2D eigenvalue weighted by atomic mass is 10.4. The van der Waals surface area contributed by atoms with E-state index in [9.17, 15) is 14.0 Å². The summed E-state index contributed by atoms with van der Waals surface area (Å²) >= 11 is 0.880. The fraction of sp³-hybridized carbons (Fsp3) is 0.333. The largest absolute Gasteiger partial charge is 0.449 e. The predicted molar refractivity (Wildman–Crippen MR) is 71.3 cm³/mol. The van der Waals surface area contributed by atoms with E-state index >= 15 is 0 Å². The molecule has 0 heterocycles. The summed E-state index contributed by atoms with van der Waals surface area (Å²) in [7, 11) is 0. The van der Waals surface area contributed by atoms with Crippen molar-refractivity contribution in [3.63, 3.8) is 0 Å². The molecule has 0 aliphatic carbocycles. The number of hydrogen-bond acceptors (Lipinski definition) is 5. The Kier molecular flexibility index (Phi) is 6.65. The zero-order valence-electron chi connectivity index (χ0n) is 11.1. The monoisotopic (exact) mass is 302 g/mol. The molecule has 0 aromatic heterocycles. The van der Waals surface area contributed by atoms with E-state index in [0.29, 0.717) is 4.90 Å². The van der Waals surface area contributed by atoms with E-state index < -0.39 is 18.0 Å². The molecule has 1 aromatic carbocycles. The Hall–Kier alpha value is -1.96. The predicted octanol–water partition coefficient (Wildman–Crippen LogP) is 2.95. The molecule has 0 aliphatic rings. The van der Waals surface area contributed by atoms with Gasteiger partial charge in [0.2, 0.25) is 0 Å². The average Bonchev–Trinajstić information content (AvgIpc) is 2.41. The molecule has 20 heavy (non-hydrogen) atoms. The van der Waals surface area contributed by atoms with Crippen LogP contribution in [-0.2, 0) is 9.47 Å². The summed E-state index contributed by atoms with van der Waals surface area (Å²) in [6, 6.07) is 5.43. The fourth-order valence-electron chi connectivity index (χ4n) is 1.13. The minimum absolute atomic E-state index is 0.157. The number of carbonyl (C=O) groups is 2. The molecule has 0 atom stereocenters. The van der Waals surface area contributed by atoms with Crippen molar-refractivity contribution in [2.24, 2.45) is 0 Å². The highest BCUT2D eigenvalue weighted by Gasteiger charge is 2.19. The third-order valence-corrected chi connectivity index (χ3v) is 2.82. The second-order valence-electron chi connectivity index (χ2n) is 3.37. The summed E-state index contributed by atoms with van der Waals surface area (Å²) in [6.07, 6.45) is -1.54. The SMILES string of the molecule is CCOC(=O)NN(Sc1ccc(F)cc1)C(=O)OCC. The molecule has 1 N–H and O–H groups in total. The minimum Gasteiger partial charge on any atom is -0.449 e. The zero-order chi connectivity index (χ0) is 15.0. The van der Waals surface area contributed by atoms with Gasteiger partial charge in [0.15, 0.2) is 0 Å². The van der Waals surface area contributed by atoms with Gasteiger partial charge in [-0.15, -0.1) is 4.41 Å². The Morgan fingerprint density at radius 1 is 1.20 bits per heavy atom. The van der Waals surface area contributed by atoms with Gasteiger partial charge in [0.25, 0.3) is 0 Å². The maximum Gasteiger partial charge on any atom is 0.439 e. The Labute approximate surface area is 120 Å². The van der Waals surface area contributed by atoms with Crippen LogP contribution in [-0.4, -0.2) is 29.8 Å². The van der Waals surface area contributed by atoms with E-state index in [0.717, 1.165) is 16.4 Å². The maximum absolute atomic E-state index is 12.8. The molecule has 1 rings (SSSR count). The molecule has 8 heteroatoms. The third-order valence-electron chi connectivity index (χ3n) is 1.91. The van der Waals surface area contributed by atoms with Crippen molar-refractivity contribution < 1.29 is 23.5 Å². The average molecular weight is 302 g/mol. The van der Waals surface area contributed by atoms with Gasteiger partial charge in [0.1, 0.15) is 5.82 Å². The molecule has 6 nitrogen and oxygen atoms in total. The molecular formula is C12H15FN2O4S. The van der Waals surface area contributed by atoms with Crippen molar-refractivity contribution in [3.8, 4) is 0 Å². The van der Waals surface area contributed by atoms with Crippen LogP contribution in [0.4, 0.5) is 14.0 Å². The van der Waals surface area contributed by atoms with Crippen LogP contribution in [0.25, 0.3) is 0 Å². The van der Waals surface area contributed by atoms with Crippen molar-refractivity contribution in [1.29, 1.82) is 0 Å². The summed E-state index contributed by atoms with van der Waals surface area (Å²) < 4.78 is 23.2. The summed E-state index contributed by atoms with van der Waals surface area (Å²) in [5.41, 5.74) is 2.23. The van der Waals surface area contributed by atoms with E-state index in [4.69, 9.17) is 4.74 Å². The normalized spacial score (nSPS) is 9.75. The molecule has 2 amide bonds. The molecular weight excluding hydrogens is 287 g/mol. The van der Waals surface area contributed by atoms with Gasteiger partial charge in [-0.05, 0) is 38.1 Å². The van der Waals surface area contributed by atoms with Crippen molar-refractivity contribution >= 4 is 24.1 Å². The highest BCUT2D eigenvalue weighted by Crippen LogP contribution is 2.22.